The first kappa shape index (κ1) is 16.1. The number of rotatable bonds is 4. The largest absolute Gasteiger partial charge is 0.598 e. The fourth-order valence-electron chi connectivity index (χ4n) is 2.17. The topological polar surface area (TPSA) is 65.3 Å². The van der Waals surface area contributed by atoms with Crippen molar-refractivity contribution in [2.75, 3.05) is 0 Å². The number of fused-ring (bicyclic) bond motifs is 1. The average molecular weight is 341 g/mol. The van der Waals surface area contributed by atoms with Crippen molar-refractivity contribution in [3.8, 4) is 0 Å². The first-order valence-corrected chi connectivity index (χ1v) is 9.02. The molecule has 0 spiro atoms. The van der Waals surface area contributed by atoms with Gasteiger partial charge in [0.1, 0.15) is 9.90 Å². The van der Waals surface area contributed by atoms with E-state index in [4.69, 9.17) is 11.6 Å². The van der Waals surface area contributed by atoms with E-state index in [1.165, 1.54) is 12.8 Å². The molecule has 3 rings (SSSR count). The first-order valence-electron chi connectivity index (χ1n) is 7.50. The molecule has 2 heterocycles. The molecular weight excluding hydrogens is 320 g/mol. The van der Waals surface area contributed by atoms with Gasteiger partial charge >= 0.3 is 0 Å². The quantitative estimate of drug-likeness (QED) is 0.684. The summed E-state index contributed by atoms with van der Waals surface area (Å²) >= 11 is 5.16. The Balaban J connectivity index is 1.86. The third-order valence-corrected chi connectivity index (χ3v) is 5.65. The molecule has 1 aliphatic rings. The Morgan fingerprint density at radius 2 is 2.09 bits per heavy atom. The summed E-state index contributed by atoms with van der Waals surface area (Å²) in [7, 11) is 0. The lowest BCUT2D eigenvalue weighted by molar-refractivity contribution is 0.528. The maximum Gasteiger partial charge on any atom is 0.157 e. The second-order valence-electron chi connectivity index (χ2n) is 6.84. The summed E-state index contributed by atoms with van der Waals surface area (Å²) in [5.41, 5.74) is 2.59. The van der Waals surface area contributed by atoms with E-state index >= 15 is 0 Å². The van der Waals surface area contributed by atoms with Crippen molar-refractivity contribution in [3.63, 3.8) is 0 Å². The normalized spacial score (nSPS) is 18.6. The average Bonchev–Trinajstić information content (AvgIpc) is 3.17. The zero-order chi connectivity index (χ0) is 16.1. The summed E-state index contributed by atoms with van der Waals surface area (Å²) in [6, 6.07) is 3.67. The Morgan fingerprint density at radius 3 is 2.68 bits per heavy atom. The van der Waals surface area contributed by atoms with Crippen LogP contribution in [0.15, 0.2) is 12.1 Å². The number of nitrogens with zero attached hydrogens (tertiary/aromatic N) is 3. The number of aromatic nitrogens is 3. The van der Waals surface area contributed by atoms with Crippen molar-refractivity contribution < 1.29 is 4.55 Å². The van der Waals surface area contributed by atoms with Crippen LogP contribution in [-0.2, 0) is 11.4 Å². The number of hydrogen-bond acceptors (Lipinski definition) is 4. The van der Waals surface area contributed by atoms with Crippen LogP contribution in [0.5, 0.6) is 0 Å². The van der Waals surface area contributed by atoms with E-state index < -0.39 is 11.4 Å². The van der Waals surface area contributed by atoms with Gasteiger partial charge in [-0.25, -0.2) is 9.50 Å². The predicted molar refractivity (Wildman–Crippen MR) is 89.4 cm³/mol. The van der Waals surface area contributed by atoms with Gasteiger partial charge < -0.3 is 4.55 Å². The maximum absolute atomic E-state index is 12.2. The molecule has 1 aliphatic carbocycles. The molecule has 2 aromatic rings. The van der Waals surface area contributed by atoms with Gasteiger partial charge in [-0.05, 0) is 46.6 Å². The molecule has 1 unspecified atom stereocenters. The summed E-state index contributed by atoms with van der Waals surface area (Å²) in [4.78, 5) is 4.64. The third kappa shape index (κ3) is 3.25. The van der Waals surface area contributed by atoms with Gasteiger partial charge in [-0.1, -0.05) is 11.6 Å². The van der Waals surface area contributed by atoms with Gasteiger partial charge in [-0.15, -0.1) is 4.72 Å². The molecule has 0 saturated heterocycles. The van der Waals surface area contributed by atoms with Crippen LogP contribution in [0, 0.1) is 0 Å². The standard InChI is InChI=1S/C15H21ClN4OS/c1-9(19-22(21)15(2,3)4)11-8-14-17-12(10-5-6-10)7-13(16)20(14)18-11/h7-10,19H,5-6H2,1-4H3/t9-,22?/m1/s1. The molecule has 1 fully saturated rings. The van der Waals surface area contributed by atoms with Crippen LogP contribution in [0.1, 0.15) is 63.9 Å². The molecule has 7 heteroatoms. The zero-order valence-corrected chi connectivity index (χ0v) is 14.8. The van der Waals surface area contributed by atoms with Crippen LogP contribution in [0.25, 0.3) is 5.65 Å². The predicted octanol–water partition coefficient (Wildman–Crippen LogP) is 3.37. The lowest BCUT2D eigenvalue weighted by Crippen LogP contribution is -2.40. The second-order valence-corrected chi connectivity index (χ2v) is 9.22. The molecule has 22 heavy (non-hydrogen) atoms. The lowest BCUT2D eigenvalue weighted by atomic mass is 10.2. The molecule has 1 saturated carbocycles. The van der Waals surface area contributed by atoms with Crippen LogP contribution in [0.3, 0.4) is 0 Å². The molecule has 2 atom stereocenters. The minimum absolute atomic E-state index is 0.137. The molecule has 2 aromatic heterocycles. The van der Waals surface area contributed by atoms with Gasteiger partial charge in [0.15, 0.2) is 5.65 Å². The second kappa shape index (κ2) is 5.67. The van der Waals surface area contributed by atoms with Crippen LogP contribution in [-0.4, -0.2) is 23.9 Å². The molecule has 0 bridgehead atoms. The van der Waals surface area contributed by atoms with Crippen LogP contribution >= 0.6 is 11.6 Å². The highest BCUT2D eigenvalue weighted by Crippen LogP contribution is 2.40. The fourth-order valence-corrected chi connectivity index (χ4v) is 3.20. The van der Waals surface area contributed by atoms with E-state index in [0.717, 1.165) is 17.0 Å². The minimum atomic E-state index is -1.15. The first-order chi connectivity index (χ1) is 10.3. The van der Waals surface area contributed by atoms with Gasteiger partial charge in [-0.3, -0.25) is 0 Å². The van der Waals surface area contributed by atoms with Crippen LogP contribution < -0.4 is 4.72 Å². The van der Waals surface area contributed by atoms with E-state index in [1.54, 1.807) is 4.52 Å². The fraction of sp³-hybridized carbons (Fsp3) is 0.600. The Kier molecular flexibility index (Phi) is 4.14. The van der Waals surface area contributed by atoms with Crippen LogP contribution in [0.2, 0.25) is 5.15 Å². The van der Waals surface area contributed by atoms with Gasteiger partial charge in [0.25, 0.3) is 0 Å². The Morgan fingerprint density at radius 1 is 1.41 bits per heavy atom. The number of nitrogens with one attached hydrogen (secondary N) is 1. The van der Waals surface area contributed by atoms with Crippen molar-refractivity contribution in [2.45, 2.75) is 57.2 Å². The van der Waals surface area contributed by atoms with E-state index in [9.17, 15) is 4.55 Å². The summed E-state index contributed by atoms with van der Waals surface area (Å²) in [6.45, 7) is 7.76. The molecule has 1 N–H and O–H groups in total. The Hall–Kier alpha value is -0.820. The maximum atomic E-state index is 12.2. The van der Waals surface area contributed by atoms with Gasteiger partial charge in [0, 0.05) is 29.0 Å². The highest BCUT2D eigenvalue weighted by atomic mass is 35.5. The zero-order valence-electron chi connectivity index (χ0n) is 13.3. The number of halogens is 1. The van der Waals surface area contributed by atoms with Crippen molar-refractivity contribution in [3.05, 3.63) is 28.7 Å². The van der Waals surface area contributed by atoms with Gasteiger partial charge in [-0.2, -0.15) is 5.10 Å². The monoisotopic (exact) mass is 340 g/mol. The van der Waals surface area contributed by atoms with Crippen LogP contribution in [0.4, 0.5) is 0 Å². The molecule has 5 nitrogen and oxygen atoms in total. The van der Waals surface area contributed by atoms with Crippen molar-refractivity contribution >= 4 is 28.6 Å². The Labute approximate surface area is 138 Å². The molecule has 120 valence electrons. The smallest absolute Gasteiger partial charge is 0.157 e. The van der Waals surface area contributed by atoms with Gasteiger partial charge in [0.05, 0.1) is 11.7 Å². The number of hydrogen-bond donors (Lipinski definition) is 1. The molecule has 0 amide bonds. The summed E-state index contributed by atoms with van der Waals surface area (Å²) < 4.78 is 16.6. The molecule has 0 radical (unpaired) electrons. The van der Waals surface area contributed by atoms with E-state index in [2.05, 4.69) is 14.8 Å². The molecular formula is C15H21ClN4OS. The molecule has 0 aromatic carbocycles. The van der Waals surface area contributed by atoms with Gasteiger partial charge in [0.2, 0.25) is 0 Å². The van der Waals surface area contributed by atoms with Crippen molar-refractivity contribution in [1.29, 1.82) is 0 Å². The third-order valence-electron chi connectivity index (χ3n) is 3.70. The summed E-state index contributed by atoms with van der Waals surface area (Å²) in [5.74, 6) is 0.546. The lowest BCUT2D eigenvalue weighted by Gasteiger charge is -2.25. The molecule has 0 aliphatic heterocycles. The SMILES string of the molecule is C[C@@H](N[S+]([O-])C(C)(C)C)c1cc2nc(C3CC3)cc(Cl)n2n1. The van der Waals surface area contributed by atoms with Crippen molar-refractivity contribution in [1.82, 2.24) is 19.3 Å². The Bertz CT molecular complexity index is 693. The highest BCUT2D eigenvalue weighted by Gasteiger charge is 2.30. The summed E-state index contributed by atoms with van der Waals surface area (Å²) in [6.07, 6.45) is 2.37. The van der Waals surface area contributed by atoms with E-state index in [1.807, 2.05) is 39.8 Å². The van der Waals surface area contributed by atoms with E-state index in [0.29, 0.717) is 11.1 Å². The van der Waals surface area contributed by atoms with Crippen molar-refractivity contribution in [2.24, 2.45) is 0 Å². The minimum Gasteiger partial charge on any atom is -0.598 e. The highest BCUT2D eigenvalue weighted by molar-refractivity contribution is 7.90. The summed E-state index contributed by atoms with van der Waals surface area (Å²) in [5, 5.41) is 5.06. The van der Waals surface area contributed by atoms with E-state index in [-0.39, 0.29) is 10.8 Å².